The van der Waals surface area contributed by atoms with E-state index in [4.69, 9.17) is 21.7 Å². The lowest BCUT2D eigenvalue weighted by Gasteiger charge is -2.07. The molecule has 0 saturated heterocycles. The van der Waals surface area contributed by atoms with E-state index in [1.54, 1.807) is 44.6 Å². The number of fused-ring (bicyclic) bond motifs is 1. The predicted octanol–water partition coefficient (Wildman–Crippen LogP) is 3.01. The third-order valence-electron chi connectivity index (χ3n) is 3.57. The highest BCUT2D eigenvalue weighted by Gasteiger charge is 2.07. The Kier molecular flexibility index (Phi) is 4.80. The lowest BCUT2D eigenvalue weighted by atomic mass is 10.2. The minimum absolute atomic E-state index is 0.320. The van der Waals surface area contributed by atoms with Gasteiger partial charge in [0.05, 0.1) is 31.5 Å². The molecule has 0 bridgehead atoms. The summed E-state index contributed by atoms with van der Waals surface area (Å²) in [5, 5.41) is 3.97. The van der Waals surface area contributed by atoms with E-state index in [0.717, 1.165) is 16.6 Å². The molecule has 3 rings (SSSR count). The zero-order valence-electron chi connectivity index (χ0n) is 13.6. The highest BCUT2D eigenvalue weighted by molar-refractivity contribution is 7.71. The molecule has 0 aliphatic heterocycles. The summed E-state index contributed by atoms with van der Waals surface area (Å²) in [4.78, 5) is 18.1. The maximum Gasteiger partial charge on any atom is 0.271 e. The topological polar surface area (TPSA) is 91.5 Å². The van der Waals surface area contributed by atoms with Crippen molar-refractivity contribution in [2.45, 2.75) is 0 Å². The molecular weight excluding hydrogens is 340 g/mol. The molecule has 1 aromatic heterocycles. The van der Waals surface area contributed by atoms with Crippen LogP contribution in [0.3, 0.4) is 0 Å². The van der Waals surface area contributed by atoms with Crippen LogP contribution in [0.1, 0.15) is 15.9 Å². The number of nitrogens with zero attached hydrogens (tertiary/aromatic N) is 1. The van der Waals surface area contributed by atoms with E-state index in [-0.39, 0.29) is 5.91 Å². The molecule has 0 saturated carbocycles. The number of rotatable bonds is 5. The molecule has 0 fully saturated rings. The molecular formula is C17H16N4O3S. The molecule has 0 unspecified atom stereocenters. The standard InChI is InChI=1S/C17H16N4O3S/c1-23-14-6-3-10(7-15(14)24-2)9-18-21-16(22)11-4-5-12-13(8-11)20-17(25)19-12/h3-9H,1-2H3,(H,21,22)(H2,19,20,25)/b18-9-. The van der Waals surface area contributed by atoms with E-state index >= 15 is 0 Å². The molecule has 3 aromatic rings. The van der Waals surface area contributed by atoms with Crippen LogP contribution in [-0.4, -0.2) is 36.3 Å². The van der Waals surface area contributed by atoms with Crippen LogP contribution < -0.4 is 14.9 Å². The van der Waals surface area contributed by atoms with Crippen molar-refractivity contribution in [3.63, 3.8) is 0 Å². The Bertz CT molecular complexity index is 1010. The Morgan fingerprint density at radius 3 is 2.60 bits per heavy atom. The molecule has 1 heterocycles. The quantitative estimate of drug-likeness (QED) is 0.372. The largest absolute Gasteiger partial charge is 0.493 e. The number of ether oxygens (including phenoxy) is 2. The molecule has 0 atom stereocenters. The van der Waals surface area contributed by atoms with Gasteiger partial charge in [-0.2, -0.15) is 5.10 Å². The summed E-state index contributed by atoms with van der Waals surface area (Å²) in [7, 11) is 3.13. The van der Waals surface area contributed by atoms with Crippen molar-refractivity contribution < 1.29 is 14.3 Å². The predicted molar refractivity (Wildman–Crippen MR) is 98.1 cm³/mol. The van der Waals surface area contributed by atoms with E-state index < -0.39 is 0 Å². The number of methoxy groups -OCH3 is 2. The van der Waals surface area contributed by atoms with Crippen LogP contribution in [0.2, 0.25) is 0 Å². The van der Waals surface area contributed by atoms with Crippen LogP contribution >= 0.6 is 12.2 Å². The first-order valence-electron chi connectivity index (χ1n) is 7.38. The van der Waals surface area contributed by atoms with Gasteiger partial charge in [0.1, 0.15) is 0 Å². The van der Waals surface area contributed by atoms with E-state index in [1.807, 2.05) is 6.07 Å². The minimum atomic E-state index is -0.320. The van der Waals surface area contributed by atoms with Crippen LogP contribution in [0.4, 0.5) is 0 Å². The SMILES string of the molecule is COc1ccc(/C=N\NC(=O)c2ccc3[nH]c(=S)[nH]c3c2)cc1OC. The smallest absolute Gasteiger partial charge is 0.271 e. The van der Waals surface area contributed by atoms with Crippen molar-refractivity contribution in [3.05, 3.63) is 52.3 Å². The molecule has 25 heavy (non-hydrogen) atoms. The first kappa shape index (κ1) is 16.7. The highest BCUT2D eigenvalue weighted by atomic mass is 32.1. The maximum absolute atomic E-state index is 12.2. The van der Waals surface area contributed by atoms with Gasteiger partial charge in [0, 0.05) is 5.56 Å². The fourth-order valence-electron chi connectivity index (χ4n) is 2.34. The molecule has 2 aromatic carbocycles. The average Bonchev–Trinajstić information content (AvgIpc) is 3.00. The maximum atomic E-state index is 12.2. The number of aromatic amines is 2. The number of hydrazone groups is 1. The zero-order valence-corrected chi connectivity index (χ0v) is 14.4. The average molecular weight is 356 g/mol. The van der Waals surface area contributed by atoms with Crippen LogP contribution in [0.15, 0.2) is 41.5 Å². The van der Waals surface area contributed by atoms with Crippen LogP contribution in [-0.2, 0) is 0 Å². The number of H-pyrrole nitrogens is 2. The minimum Gasteiger partial charge on any atom is -0.493 e. The molecule has 0 spiro atoms. The molecule has 7 nitrogen and oxygen atoms in total. The second-order valence-electron chi connectivity index (χ2n) is 5.15. The van der Waals surface area contributed by atoms with Crippen molar-refractivity contribution in [3.8, 4) is 11.5 Å². The first-order valence-corrected chi connectivity index (χ1v) is 7.79. The number of imidazole rings is 1. The number of benzene rings is 2. The number of hydrogen-bond acceptors (Lipinski definition) is 5. The first-order chi connectivity index (χ1) is 12.1. The van der Waals surface area contributed by atoms with E-state index in [0.29, 0.717) is 21.8 Å². The van der Waals surface area contributed by atoms with Crippen molar-refractivity contribution in [2.24, 2.45) is 5.10 Å². The second kappa shape index (κ2) is 7.18. The molecule has 8 heteroatoms. The van der Waals surface area contributed by atoms with Crippen molar-refractivity contribution in [1.29, 1.82) is 0 Å². The van der Waals surface area contributed by atoms with E-state index in [9.17, 15) is 4.79 Å². The summed E-state index contributed by atoms with van der Waals surface area (Å²) in [6, 6.07) is 10.5. The van der Waals surface area contributed by atoms with Gasteiger partial charge in [-0.1, -0.05) is 0 Å². The van der Waals surface area contributed by atoms with Crippen LogP contribution in [0.5, 0.6) is 11.5 Å². The summed E-state index contributed by atoms with van der Waals surface area (Å²) in [5.74, 6) is 0.894. The molecule has 0 radical (unpaired) electrons. The lowest BCUT2D eigenvalue weighted by molar-refractivity contribution is 0.0955. The summed E-state index contributed by atoms with van der Waals surface area (Å²) in [6.45, 7) is 0. The van der Waals surface area contributed by atoms with Gasteiger partial charge in [0.25, 0.3) is 5.91 Å². The van der Waals surface area contributed by atoms with E-state index in [2.05, 4.69) is 20.5 Å². The number of amides is 1. The number of hydrogen-bond donors (Lipinski definition) is 3. The summed E-state index contributed by atoms with van der Waals surface area (Å²) >= 11 is 5.03. The Balaban J connectivity index is 1.72. The second-order valence-corrected chi connectivity index (χ2v) is 5.56. The summed E-state index contributed by atoms with van der Waals surface area (Å²) < 4.78 is 10.9. The Morgan fingerprint density at radius 1 is 1.08 bits per heavy atom. The van der Waals surface area contributed by atoms with Gasteiger partial charge in [-0.15, -0.1) is 0 Å². The Hall–Kier alpha value is -3.13. The van der Waals surface area contributed by atoms with Crippen LogP contribution in [0.25, 0.3) is 11.0 Å². The normalized spacial score (nSPS) is 11.0. The van der Waals surface area contributed by atoms with E-state index in [1.165, 1.54) is 6.21 Å². The van der Waals surface area contributed by atoms with Crippen molar-refractivity contribution in [2.75, 3.05) is 14.2 Å². The van der Waals surface area contributed by atoms with Gasteiger partial charge in [0.2, 0.25) is 0 Å². The molecule has 1 amide bonds. The lowest BCUT2D eigenvalue weighted by Crippen LogP contribution is -2.17. The van der Waals surface area contributed by atoms with Crippen molar-refractivity contribution >= 4 is 35.4 Å². The molecule has 0 aliphatic rings. The molecule has 3 N–H and O–H groups in total. The number of carbonyl (C=O) groups is 1. The Labute approximate surface area is 148 Å². The third kappa shape index (κ3) is 3.69. The van der Waals surface area contributed by atoms with Gasteiger partial charge in [-0.05, 0) is 54.2 Å². The fourth-order valence-corrected chi connectivity index (χ4v) is 2.56. The van der Waals surface area contributed by atoms with Crippen LogP contribution in [0, 0.1) is 4.77 Å². The van der Waals surface area contributed by atoms with Gasteiger partial charge in [0.15, 0.2) is 16.3 Å². The fraction of sp³-hybridized carbons (Fsp3) is 0.118. The van der Waals surface area contributed by atoms with Gasteiger partial charge in [-0.3, -0.25) is 4.79 Å². The summed E-state index contributed by atoms with van der Waals surface area (Å²) in [6.07, 6.45) is 1.53. The number of nitrogens with one attached hydrogen (secondary N) is 3. The zero-order chi connectivity index (χ0) is 17.8. The molecule has 0 aliphatic carbocycles. The number of aromatic nitrogens is 2. The summed E-state index contributed by atoms with van der Waals surface area (Å²) in [5.41, 5.74) is 5.34. The van der Waals surface area contributed by atoms with Gasteiger partial charge >= 0.3 is 0 Å². The highest BCUT2D eigenvalue weighted by Crippen LogP contribution is 2.26. The number of carbonyl (C=O) groups excluding carboxylic acids is 1. The van der Waals surface area contributed by atoms with Gasteiger partial charge in [-0.25, -0.2) is 5.43 Å². The Morgan fingerprint density at radius 2 is 1.84 bits per heavy atom. The monoisotopic (exact) mass is 356 g/mol. The molecule has 128 valence electrons. The van der Waals surface area contributed by atoms with Crippen molar-refractivity contribution in [1.82, 2.24) is 15.4 Å². The third-order valence-corrected chi connectivity index (χ3v) is 3.77. The van der Waals surface area contributed by atoms with Gasteiger partial charge < -0.3 is 19.4 Å².